The van der Waals surface area contributed by atoms with Crippen LogP contribution in [0.5, 0.6) is 0 Å². The fraction of sp³-hybridized carbons (Fsp3) is 0.923. The van der Waals surface area contributed by atoms with Crippen LogP contribution >= 0.6 is 11.8 Å². The molecule has 4 nitrogen and oxygen atoms in total. The minimum absolute atomic E-state index is 0.145. The van der Waals surface area contributed by atoms with Crippen LogP contribution in [0.15, 0.2) is 0 Å². The minimum atomic E-state index is -0.324. The van der Waals surface area contributed by atoms with E-state index >= 15 is 0 Å². The number of hydrogen-bond donors (Lipinski definition) is 1. The maximum atomic E-state index is 12.4. The topological polar surface area (TPSA) is 49.6 Å². The lowest BCUT2D eigenvalue weighted by molar-refractivity contribution is -0.134. The Balaban J connectivity index is 2.62. The maximum Gasteiger partial charge on any atom is 0.239 e. The molecular formula is C13H27N3OS. The van der Waals surface area contributed by atoms with E-state index in [4.69, 9.17) is 5.73 Å². The second-order valence-electron chi connectivity index (χ2n) is 5.10. The zero-order chi connectivity index (χ0) is 13.5. The highest BCUT2D eigenvalue weighted by Gasteiger charge is 2.28. The largest absolute Gasteiger partial charge is 0.337 e. The number of likely N-dealkylation sites (N-methyl/N-ethyl adjacent to an activating group) is 1. The molecule has 0 radical (unpaired) electrons. The van der Waals surface area contributed by atoms with Gasteiger partial charge in [0, 0.05) is 19.1 Å². The fourth-order valence-electron chi connectivity index (χ4n) is 2.46. The van der Waals surface area contributed by atoms with E-state index in [0.717, 1.165) is 44.6 Å². The molecule has 5 heteroatoms. The standard InChI is InChI=1S/C13H27N3OS/c1-4-11-10-15(2)7-5-8-16(11)13(17)12(14)6-9-18-3/h11-12H,4-10,14H2,1-3H3/t11?,12-/m1/s1. The van der Waals surface area contributed by atoms with E-state index < -0.39 is 0 Å². The van der Waals surface area contributed by atoms with Crippen molar-refractivity contribution in [3.8, 4) is 0 Å². The molecule has 0 aromatic carbocycles. The summed E-state index contributed by atoms with van der Waals surface area (Å²) in [6, 6.07) is 0.000218. The molecule has 1 unspecified atom stereocenters. The molecular weight excluding hydrogens is 246 g/mol. The van der Waals surface area contributed by atoms with Gasteiger partial charge in [0.25, 0.3) is 0 Å². The van der Waals surface area contributed by atoms with Crippen molar-refractivity contribution in [3.63, 3.8) is 0 Å². The summed E-state index contributed by atoms with van der Waals surface area (Å²) in [6.07, 6.45) is 4.88. The van der Waals surface area contributed by atoms with Crippen LogP contribution in [0, 0.1) is 0 Å². The molecule has 1 aliphatic heterocycles. The van der Waals surface area contributed by atoms with Crippen molar-refractivity contribution >= 4 is 17.7 Å². The molecule has 1 heterocycles. The molecule has 1 rings (SSSR count). The second kappa shape index (κ2) is 8.02. The van der Waals surface area contributed by atoms with Crippen molar-refractivity contribution in [2.45, 2.75) is 38.3 Å². The fourth-order valence-corrected chi connectivity index (χ4v) is 2.95. The number of hydrogen-bond acceptors (Lipinski definition) is 4. The van der Waals surface area contributed by atoms with Gasteiger partial charge in [-0.1, -0.05) is 6.92 Å². The molecule has 0 saturated carbocycles. The maximum absolute atomic E-state index is 12.4. The average Bonchev–Trinajstić information content (AvgIpc) is 2.56. The zero-order valence-corrected chi connectivity index (χ0v) is 12.7. The third-order valence-electron chi connectivity index (χ3n) is 3.61. The highest BCUT2D eigenvalue weighted by atomic mass is 32.2. The van der Waals surface area contributed by atoms with Crippen LogP contribution in [0.1, 0.15) is 26.2 Å². The van der Waals surface area contributed by atoms with Crippen LogP contribution in [0.3, 0.4) is 0 Å². The summed E-state index contributed by atoms with van der Waals surface area (Å²) in [7, 11) is 2.13. The van der Waals surface area contributed by atoms with Crippen LogP contribution in [-0.2, 0) is 4.79 Å². The summed E-state index contributed by atoms with van der Waals surface area (Å²) in [5.74, 6) is 1.10. The van der Waals surface area contributed by atoms with Gasteiger partial charge in [-0.2, -0.15) is 11.8 Å². The predicted molar refractivity (Wildman–Crippen MR) is 78.9 cm³/mol. The van der Waals surface area contributed by atoms with Crippen molar-refractivity contribution in [1.82, 2.24) is 9.80 Å². The molecule has 2 atom stereocenters. The molecule has 106 valence electrons. The van der Waals surface area contributed by atoms with Crippen molar-refractivity contribution in [1.29, 1.82) is 0 Å². The van der Waals surface area contributed by atoms with Gasteiger partial charge in [-0.3, -0.25) is 4.79 Å². The van der Waals surface area contributed by atoms with Crippen LogP contribution in [-0.4, -0.2) is 66.5 Å². The van der Waals surface area contributed by atoms with Gasteiger partial charge in [0.1, 0.15) is 0 Å². The minimum Gasteiger partial charge on any atom is -0.337 e. The van der Waals surface area contributed by atoms with Gasteiger partial charge in [0.05, 0.1) is 6.04 Å². The third-order valence-corrected chi connectivity index (χ3v) is 4.25. The van der Waals surface area contributed by atoms with Crippen molar-refractivity contribution in [3.05, 3.63) is 0 Å². The van der Waals surface area contributed by atoms with Gasteiger partial charge >= 0.3 is 0 Å². The van der Waals surface area contributed by atoms with Crippen LogP contribution < -0.4 is 5.73 Å². The van der Waals surface area contributed by atoms with E-state index in [2.05, 4.69) is 18.9 Å². The Morgan fingerprint density at radius 1 is 1.50 bits per heavy atom. The monoisotopic (exact) mass is 273 g/mol. The van der Waals surface area contributed by atoms with E-state index in [0.29, 0.717) is 6.04 Å². The average molecular weight is 273 g/mol. The summed E-state index contributed by atoms with van der Waals surface area (Å²) in [5, 5.41) is 0. The van der Waals surface area contributed by atoms with E-state index in [1.807, 2.05) is 11.2 Å². The first kappa shape index (κ1) is 15.8. The van der Waals surface area contributed by atoms with Gasteiger partial charge in [-0.25, -0.2) is 0 Å². The van der Waals surface area contributed by atoms with E-state index in [1.54, 1.807) is 11.8 Å². The second-order valence-corrected chi connectivity index (χ2v) is 6.08. The smallest absolute Gasteiger partial charge is 0.239 e. The molecule has 2 N–H and O–H groups in total. The van der Waals surface area contributed by atoms with Gasteiger partial charge < -0.3 is 15.5 Å². The third kappa shape index (κ3) is 4.44. The highest BCUT2D eigenvalue weighted by Crippen LogP contribution is 2.14. The molecule has 1 fully saturated rings. The van der Waals surface area contributed by atoms with Crippen LogP contribution in [0.25, 0.3) is 0 Å². The number of thioether (sulfide) groups is 1. The normalized spacial score (nSPS) is 23.8. The lowest BCUT2D eigenvalue weighted by Crippen LogP contribution is -2.50. The number of nitrogens with two attached hydrogens (primary N) is 1. The predicted octanol–water partition coefficient (Wildman–Crippen LogP) is 1.01. The summed E-state index contributed by atoms with van der Waals surface area (Å²) in [4.78, 5) is 16.7. The first-order valence-corrected chi connectivity index (χ1v) is 8.23. The zero-order valence-electron chi connectivity index (χ0n) is 11.9. The first-order chi connectivity index (χ1) is 8.60. The number of amides is 1. The van der Waals surface area contributed by atoms with Gasteiger partial charge in [0.2, 0.25) is 5.91 Å². The van der Waals surface area contributed by atoms with Crippen LogP contribution in [0.2, 0.25) is 0 Å². The van der Waals surface area contributed by atoms with E-state index in [1.165, 1.54) is 0 Å². The van der Waals surface area contributed by atoms with E-state index in [9.17, 15) is 4.79 Å². The molecule has 0 bridgehead atoms. The molecule has 0 spiro atoms. The Morgan fingerprint density at radius 2 is 2.22 bits per heavy atom. The van der Waals surface area contributed by atoms with Gasteiger partial charge in [0.15, 0.2) is 0 Å². The number of nitrogens with zero attached hydrogens (tertiary/aromatic N) is 2. The Bertz CT molecular complexity index is 263. The van der Waals surface area contributed by atoms with E-state index in [-0.39, 0.29) is 11.9 Å². The quantitative estimate of drug-likeness (QED) is 0.812. The number of carbonyl (C=O) groups excluding carboxylic acids is 1. The molecule has 1 aliphatic rings. The highest BCUT2D eigenvalue weighted by molar-refractivity contribution is 7.98. The SMILES string of the molecule is CCC1CN(C)CCCN1C(=O)[C@H](N)CCSC. The summed E-state index contributed by atoms with van der Waals surface area (Å²) < 4.78 is 0. The molecule has 0 aromatic heterocycles. The lowest BCUT2D eigenvalue weighted by atomic mass is 10.1. The Kier molecular flexibility index (Phi) is 7.04. The number of rotatable bonds is 5. The molecule has 1 saturated heterocycles. The Hall–Kier alpha value is -0.260. The van der Waals surface area contributed by atoms with Crippen LogP contribution in [0.4, 0.5) is 0 Å². The summed E-state index contributed by atoms with van der Waals surface area (Å²) >= 11 is 1.75. The lowest BCUT2D eigenvalue weighted by Gasteiger charge is -2.32. The van der Waals surface area contributed by atoms with Crippen molar-refractivity contribution in [2.24, 2.45) is 5.73 Å². The molecule has 18 heavy (non-hydrogen) atoms. The number of carbonyl (C=O) groups is 1. The molecule has 1 amide bonds. The first-order valence-electron chi connectivity index (χ1n) is 6.83. The summed E-state index contributed by atoms with van der Waals surface area (Å²) in [5.41, 5.74) is 6.02. The molecule has 0 aliphatic carbocycles. The Morgan fingerprint density at radius 3 is 2.83 bits per heavy atom. The van der Waals surface area contributed by atoms with Gasteiger partial charge in [-0.15, -0.1) is 0 Å². The summed E-state index contributed by atoms with van der Waals surface area (Å²) in [6.45, 7) is 5.05. The van der Waals surface area contributed by atoms with Crippen molar-refractivity contribution in [2.75, 3.05) is 38.7 Å². The molecule has 0 aromatic rings. The van der Waals surface area contributed by atoms with Crippen molar-refractivity contribution < 1.29 is 4.79 Å². The van der Waals surface area contributed by atoms with Gasteiger partial charge in [-0.05, 0) is 44.9 Å². The Labute approximate surface area is 115 Å².